The number of esters is 1. The molecule has 0 spiro atoms. The monoisotopic (exact) mass is 260 g/mol. The molecule has 0 aromatic rings. The van der Waals surface area contributed by atoms with Crippen LogP contribution < -0.4 is 5.32 Å². The van der Waals surface area contributed by atoms with E-state index < -0.39 is 6.04 Å². The molecule has 2 amide bonds. The topological polar surface area (TPSA) is 75.7 Å². The van der Waals surface area contributed by atoms with Crippen LogP contribution in [0.2, 0.25) is 0 Å². The first kappa shape index (κ1) is 13.8. The fourth-order valence-corrected chi connectivity index (χ4v) is 2.26. The van der Waals surface area contributed by atoms with Crippen LogP contribution in [0.15, 0.2) is 0 Å². The standard InChI is InChI=1S/C10H16N2O4S/c1-3-12(5-4-8(13)16-2)9(14)7-6-17-10(15)11-7/h7H,3-6H2,1-2H3,(H,11,15). The lowest BCUT2D eigenvalue weighted by molar-refractivity contribution is -0.141. The zero-order chi connectivity index (χ0) is 12.8. The highest BCUT2D eigenvalue weighted by atomic mass is 32.2. The summed E-state index contributed by atoms with van der Waals surface area (Å²) in [5.41, 5.74) is 0. The number of nitrogens with one attached hydrogen (secondary N) is 1. The summed E-state index contributed by atoms with van der Waals surface area (Å²) in [6, 6.07) is -0.468. The van der Waals surface area contributed by atoms with E-state index in [-0.39, 0.29) is 23.5 Å². The third kappa shape index (κ3) is 3.92. The molecule has 1 aliphatic rings. The summed E-state index contributed by atoms with van der Waals surface area (Å²) in [6.45, 7) is 2.66. The predicted octanol–water partition coefficient (Wildman–Crippen LogP) is 0.223. The molecule has 0 aromatic carbocycles. The highest BCUT2D eigenvalue weighted by Gasteiger charge is 2.30. The van der Waals surface area contributed by atoms with E-state index >= 15 is 0 Å². The van der Waals surface area contributed by atoms with Gasteiger partial charge in [-0.2, -0.15) is 0 Å². The molecule has 1 unspecified atom stereocenters. The summed E-state index contributed by atoms with van der Waals surface area (Å²) in [5, 5.41) is 2.41. The number of ether oxygens (including phenoxy) is 1. The minimum absolute atomic E-state index is 0.144. The minimum atomic E-state index is -0.468. The summed E-state index contributed by atoms with van der Waals surface area (Å²) < 4.78 is 4.52. The Kier molecular flexibility index (Phi) is 5.27. The number of likely N-dealkylation sites (N-methyl/N-ethyl adjacent to an activating group) is 1. The Morgan fingerprint density at radius 2 is 2.29 bits per heavy atom. The maximum Gasteiger partial charge on any atom is 0.307 e. The van der Waals surface area contributed by atoms with Crippen LogP contribution in [0.3, 0.4) is 0 Å². The molecule has 1 atom stereocenters. The van der Waals surface area contributed by atoms with Crippen LogP contribution in [0, 0.1) is 0 Å². The Morgan fingerprint density at radius 1 is 1.59 bits per heavy atom. The van der Waals surface area contributed by atoms with Gasteiger partial charge in [0.2, 0.25) is 5.91 Å². The number of nitrogens with zero attached hydrogens (tertiary/aromatic N) is 1. The summed E-state index contributed by atoms with van der Waals surface area (Å²) in [6.07, 6.45) is 0.171. The normalized spacial score (nSPS) is 18.7. The van der Waals surface area contributed by atoms with E-state index in [4.69, 9.17) is 0 Å². The maximum absolute atomic E-state index is 12.0. The number of carbonyl (C=O) groups is 3. The average Bonchev–Trinajstić information content (AvgIpc) is 2.76. The average molecular weight is 260 g/mol. The molecule has 0 aromatic heterocycles. The van der Waals surface area contributed by atoms with Crippen LogP contribution >= 0.6 is 11.8 Å². The molecule has 96 valence electrons. The highest BCUT2D eigenvalue weighted by molar-refractivity contribution is 8.14. The van der Waals surface area contributed by atoms with Gasteiger partial charge in [-0.25, -0.2) is 0 Å². The molecule has 1 saturated heterocycles. The quantitative estimate of drug-likeness (QED) is 0.716. The molecule has 17 heavy (non-hydrogen) atoms. The number of thioether (sulfide) groups is 1. The summed E-state index contributed by atoms with van der Waals surface area (Å²) in [5.74, 6) is -0.0392. The molecular weight excluding hydrogens is 244 g/mol. The second-order valence-electron chi connectivity index (χ2n) is 3.54. The minimum Gasteiger partial charge on any atom is -0.469 e. The Balaban J connectivity index is 2.46. The molecule has 0 radical (unpaired) electrons. The number of amides is 2. The van der Waals surface area contributed by atoms with Gasteiger partial charge in [0.1, 0.15) is 6.04 Å². The van der Waals surface area contributed by atoms with Crippen molar-refractivity contribution in [3.63, 3.8) is 0 Å². The van der Waals surface area contributed by atoms with Crippen LogP contribution in [-0.2, 0) is 14.3 Å². The molecule has 1 rings (SSSR count). The lowest BCUT2D eigenvalue weighted by atomic mass is 10.2. The van der Waals surface area contributed by atoms with Gasteiger partial charge in [0.05, 0.1) is 13.5 Å². The van der Waals surface area contributed by atoms with Gasteiger partial charge >= 0.3 is 5.97 Å². The van der Waals surface area contributed by atoms with Crippen molar-refractivity contribution in [2.45, 2.75) is 19.4 Å². The van der Waals surface area contributed by atoms with Crippen LogP contribution in [0.4, 0.5) is 4.79 Å². The van der Waals surface area contributed by atoms with E-state index in [1.165, 1.54) is 7.11 Å². The van der Waals surface area contributed by atoms with Crippen LogP contribution in [-0.4, -0.2) is 54.0 Å². The molecule has 6 nitrogen and oxygen atoms in total. The Bertz CT molecular complexity index is 321. The second-order valence-corrected chi connectivity index (χ2v) is 4.53. The van der Waals surface area contributed by atoms with Gasteiger partial charge in [0.15, 0.2) is 0 Å². The predicted molar refractivity (Wildman–Crippen MR) is 63.7 cm³/mol. The Morgan fingerprint density at radius 3 is 2.76 bits per heavy atom. The van der Waals surface area contributed by atoms with Gasteiger partial charge in [0.25, 0.3) is 5.24 Å². The number of carbonyl (C=O) groups excluding carboxylic acids is 3. The fourth-order valence-electron chi connectivity index (χ4n) is 1.49. The summed E-state index contributed by atoms with van der Waals surface area (Å²) in [7, 11) is 1.31. The van der Waals surface area contributed by atoms with Gasteiger partial charge in [-0.1, -0.05) is 11.8 Å². The zero-order valence-electron chi connectivity index (χ0n) is 9.89. The maximum atomic E-state index is 12.0. The third-order valence-corrected chi connectivity index (χ3v) is 3.36. The van der Waals surface area contributed by atoms with Crippen molar-refractivity contribution < 1.29 is 19.1 Å². The van der Waals surface area contributed by atoms with E-state index in [9.17, 15) is 14.4 Å². The van der Waals surface area contributed by atoms with Crippen LogP contribution in [0.5, 0.6) is 0 Å². The number of rotatable bonds is 5. The van der Waals surface area contributed by atoms with Gasteiger partial charge in [-0.05, 0) is 6.92 Å². The molecular formula is C10H16N2O4S. The lowest BCUT2D eigenvalue weighted by Gasteiger charge is -2.23. The largest absolute Gasteiger partial charge is 0.469 e. The van der Waals surface area contributed by atoms with Gasteiger partial charge in [-0.3, -0.25) is 14.4 Å². The molecule has 7 heteroatoms. The summed E-state index contributed by atoms with van der Waals surface area (Å²) >= 11 is 1.10. The van der Waals surface area contributed by atoms with Crippen molar-refractivity contribution in [3.05, 3.63) is 0 Å². The van der Waals surface area contributed by atoms with Gasteiger partial charge in [-0.15, -0.1) is 0 Å². The van der Waals surface area contributed by atoms with E-state index in [0.717, 1.165) is 11.8 Å². The first-order valence-corrected chi connectivity index (χ1v) is 6.36. The highest BCUT2D eigenvalue weighted by Crippen LogP contribution is 2.15. The number of hydrogen-bond acceptors (Lipinski definition) is 5. The summed E-state index contributed by atoms with van der Waals surface area (Å²) in [4.78, 5) is 35.5. The smallest absolute Gasteiger partial charge is 0.307 e. The number of hydrogen-bond donors (Lipinski definition) is 1. The van der Waals surface area contributed by atoms with E-state index in [1.807, 2.05) is 6.92 Å². The Labute approximate surface area is 104 Å². The van der Waals surface area contributed by atoms with E-state index in [2.05, 4.69) is 10.1 Å². The Hall–Kier alpha value is -1.24. The second kappa shape index (κ2) is 6.48. The van der Waals surface area contributed by atoms with E-state index in [1.54, 1.807) is 4.90 Å². The molecule has 1 aliphatic heterocycles. The number of methoxy groups -OCH3 is 1. The molecule has 0 aliphatic carbocycles. The van der Waals surface area contributed by atoms with Crippen molar-refractivity contribution in [3.8, 4) is 0 Å². The van der Waals surface area contributed by atoms with Crippen molar-refractivity contribution in [2.75, 3.05) is 26.0 Å². The molecule has 1 N–H and O–H groups in total. The molecule has 1 fully saturated rings. The molecule has 0 bridgehead atoms. The first-order valence-electron chi connectivity index (χ1n) is 5.37. The fraction of sp³-hybridized carbons (Fsp3) is 0.700. The van der Waals surface area contributed by atoms with Crippen molar-refractivity contribution >= 4 is 28.9 Å². The van der Waals surface area contributed by atoms with E-state index in [0.29, 0.717) is 18.8 Å². The third-order valence-electron chi connectivity index (χ3n) is 2.48. The zero-order valence-corrected chi connectivity index (χ0v) is 10.7. The van der Waals surface area contributed by atoms with Crippen molar-refractivity contribution in [2.24, 2.45) is 0 Å². The van der Waals surface area contributed by atoms with Crippen molar-refractivity contribution in [1.82, 2.24) is 10.2 Å². The van der Waals surface area contributed by atoms with Gasteiger partial charge < -0.3 is 15.0 Å². The van der Waals surface area contributed by atoms with Gasteiger partial charge in [0, 0.05) is 18.8 Å². The lowest BCUT2D eigenvalue weighted by Crippen LogP contribution is -2.46. The SMILES string of the molecule is CCN(CCC(=O)OC)C(=O)C1CSC(=O)N1. The van der Waals surface area contributed by atoms with Crippen LogP contribution in [0.1, 0.15) is 13.3 Å². The first-order chi connectivity index (χ1) is 8.08. The molecule has 1 heterocycles. The van der Waals surface area contributed by atoms with Crippen molar-refractivity contribution in [1.29, 1.82) is 0 Å². The molecule has 0 saturated carbocycles. The van der Waals surface area contributed by atoms with Crippen LogP contribution in [0.25, 0.3) is 0 Å².